The zero-order valence-corrected chi connectivity index (χ0v) is 14.8. The quantitative estimate of drug-likeness (QED) is 0.557. The molecular weight excluding hydrogens is 366 g/mol. The second-order valence-corrected chi connectivity index (χ2v) is 7.27. The molecule has 2 heterocycles. The average molecular weight is 376 g/mol. The van der Waals surface area contributed by atoms with E-state index in [0.29, 0.717) is 20.9 Å². The number of halogens is 1. The van der Waals surface area contributed by atoms with Crippen LogP contribution in [-0.4, -0.2) is 23.0 Å². The third-order valence-corrected chi connectivity index (χ3v) is 5.92. The van der Waals surface area contributed by atoms with E-state index in [-0.39, 0.29) is 5.91 Å². The number of methoxy groups -OCH3 is 1. The molecule has 120 valence electrons. The van der Waals surface area contributed by atoms with Gasteiger partial charge in [-0.2, -0.15) is 0 Å². The Hall–Kier alpha value is -2.22. The topological polar surface area (TPSA) is 64.1 Å². The molecular formula is C16H10ClN3O2S2. The number of nitrogens with one attached hydrogen (secondary N) is 1. The van der Waals surface area contributed by atoms with E-state index in [9.17, 15) is 4.79 Å². The van der Waals surface area contributed by atoms with Crippen LogP contribution in [0.5, 0.6) is 5.19 Å². The van der Waals surface area contributed by atoms with E-state index >= 15 is 0 Å². The number of nitrogens with zero attached hydrogens (tertiary/aromatic N) is 2. The van der Waals surface area contributed by atoms with E-state index in [0.717, 1.165) is 20.4 Å². The predicted molar refractivity (Wildman–Crippen MR) is 98.8 cm³/mol. The molecule has 0 aliphatic rings. The molecule has 0 atom stereocenters. The van der Waals surface area contributed by atoms with Crippen molar-refractivity contribution >= 4 is 65.7 Å². The molecule has 1 amide bonds. The molecule has 0 radical (unpaired) electrons. The van der Waals surface area contributed by atoms with Crippen LogP contribution in [0, 0.1) is 0 Å². The largest absolute Gasteiger partial charge is 0.473 e. The van der Waals surface area contributed by atoms with Gasteiger partial charge in [0.15, 0.2) is 5.13 Å². The molecule has 0 aliphatic carbocycles. The Morgan fingerprint density at radius 1 is 1.08 bits per heavy atom. The number of ether oxygens (including phenoxy) is 1. The maximum atomic E-state index is 12.4. The van der Waals surface area contributed by atoms with Gasteiger partial charge in [0, 0.05) is 0 Å². The predicted octanol–water partition coefficient (Wildman–Crippen LogP) is 4.82. The highest BCUT2D eigenvalue weighted by molar-refractivity contribution is 7.29. The summed E-state index contributed by atoms with van der Waals surface area (Å²) >= 11 is 8.93. The number of thiazole rings is 2. The van der Waals surface area contributed by atoms with Crippen LogP contribution in [0.2, 0.25) is 5.02 Å². The van der Waals surface area contributed by atoms with Crippen LogP contribution in [0.25, 0.3) is 20.4 Å². The molecule has 4 aromatic rings. The second-order valence-electron chi connectivity index (χ2n) is 4.90. The van der Waals surface area contributed by atoms with Crippen molar-refractivity contribution in [1.82, 2.24) is 9.97 Å². The number of aromatic nitrogens is 2. The van der Waals surface area contributed by atoms with Crippen molar-refractivity contribution in [1.29, 1.82) is 0 Å². The van der Waals surface area contributed by atoms with Crippen LogP contribution in [-0.2, 0) is 0 Å². The zero-order valence-electron chi connectivity index (χ0n) is 12.4. The number of carbonyl (C=O) groups excluding carboxylic acids is 1. The van der Waals surface area contributed by atoms with Gasteiger partial charge in [-0.15, -0.1) is 0 Å². The van der Waals surface area contributed by atoms with Gasteiger partial charge in [-0.3, -0.25) is 10.1 Å². The van der Waals surface area contributed by atoms with Crippen LogP contribution < -0.4 is 10.1 Å². The Bertz CT molecular complexity index is 1070. The van der Waals surface area contributed by atoms with Gasteiger partial charge in [0.2, 0.25) is 0 Å². The highest BCUT2D eigenvalue weighted by Crippen LogP contribution is 2.38. The van der Waals surface area contributed by atoms with Crippen molar-refractivity contribution in [2.24, 2.45) is 0 Å². The normalized spacial score (nSPS) is 11.1. The molecule has 5 nitrogen and oxygen atoms in total. The lowest BCUT2D eigenvalue weighted by atomic mass is 10.2. The first-order valence-electron chi connectivity index (χ1n) is 6.95. The van der Waals surface area contributed by atoms with Crippen molar-refractivity contribution in [3.8, 4) is 5.19 Å². The molecule has 8 heteroatoms. The lowest BCUT2D eigenvalue weighted by molar-refractivity contribution is 0.102. The van der Waals surface area contributed by atoms with Gasteiger partial charge in [-0.1, -0.05) is 46.4 Å². The number of rotatable bonds is 3. The summed E-state index contributed by atoms with van der Waals surface area (Å²) in [6.07, 6.45) is 0. The zero-order chi connectivity index (χ0) is 16.7. The van der Waals surface area contributed by atoms with Gasteiger partial charge >= 0.3 is 0 Å². The first-order valence-corrected chi connectivity index (χ1v) is 8.97. The molecule has 0 saturated heterocycles. The maximum absolute atomic E-state index is 12.4. The molecule has 0 bridgehead atoms. The van der Waals surface area contributed by atoms with Gasteiger partial charge in [0.1, 0.15) is 0 Å². The lowest BCUT2D eigenvalue weighted by Gasteiger charge is -2.02. The number of hydrogen-bond acceptors (Lipinski definition) is 6. The van der Waals surface area contributed by atoms with Crippen molar-refractivity contribution in [2.45, 2.75) is 0 Å². The summed E-state index contributed by atoms with van der Waals surface area (Å²) in [5.41, 5.74) is 2.09. The molecule has 2 aromatic heterocycles. The van der Waals surface area contributed by atoms with Gasteiger partial charge in [-0.05, 0) is 24.3 Å². The van der Waals surface area contributed by atoms with E-state index < -0.39 is 0 Å². The van der Waals surface area contributed by atoms with E-state index in [1.807, 2.05) is 12.1 Å². The number of carbonyl (C=O) groups is 1. The van der Waals surface area contributed by atoms with Gasteiger partial charge < -0.3 is 4.74 Å². The Labute approximate surface area is 149 Å². The smallest absolute Gasteiger partial charge is 0.274 e. The Balaban J connectivity index is 1.72. The molecule has 0 saturated carbocycles. The van der Waals surface area contributed by atoms with Gasteiger partial charge in [-0.25, -0.2) is 9.97 Å². The molecule has 0 spiro atoms. The summed E-state index contributed by atoms with van der Waals surface area (Å²) in [4.78, 5) is 21.2. The minimum atomic E-state index is -0.280. The summed E-state index contributed by atoms with van der Waals surface area (Å²) < 4.78 is 7.17. The molecule has 24 heavy (non-hydrogen) atoms. The standard InChI is InChI=1S/C16H10ClN3O2S2/c1-22-16-19-11-7-6-10-12(13(11)24-16)23-15(18-10)20-14(21)8-4-2-3-5-9(8)17/h2-7H,1H3,(H,18,20,21). The first kappa shape index (κ1) is 15.3. The fourth-order valence-corrected chi connectivity index (χ4v) is 4.49. The fraction of sp³-hybridized carbons (Fsp3) is 0.0625. The van der Waals surface area contributed by atoms with Gasteiger partial charge in [0.05, 0.1) is 38.1 Å². The molecule has 0 aliphatic heterocycles. The monoisotopic (exact) mass is 375 g/mol. The fourth-order valence-electron chi connectivity index (χ4n) is 2.30. The Morgan fingerprint density at radius 2 is 1.79 bits per heavy atom. The lowest BCUT2D eigenvalue weighted by Crippen LogP contribution is -2.11. The SMILES string of the molecule is COc1nc2ccc3nc(NC(=O)c4ccccc4Cl)sc3c2s1. The van der Waals surface area contributed by atoms with E-state index in [2.05, 4.69) is 15.3 Å². The number of benzene rings is 2. The summed E-state index contributed by atoms with van der Waals surface area (Å²) in [5.74, 6) is -0.280. The number of anilines is 1. The number of hydrogen-bond donors (Lipinski definition) is 1. The minimum absolute atomic E-state index is 0.280. The third-order valence-electron chi connectivity index (χ3n) is 3.41. The molecule has 2 aromatic carbocycles. The van der Waals surface area contributed by atoms with Crippen LogP contribution in [0.15, 0.2) is 36.4 Å². The minimum Gasteiger partial charge on any atom is -0.473 e. The van der Waals surface area contributed by atoms with E-state index in [1.54, 1.807) is 31.4 Å². The number of fused-ring (bicyclic) bond motifs is 3. The van der Waals surface area contributed by atoms with Crippen LogP contribution in [0.4, 0.5) is 5.13 Å². The summed E-state index contributed by atoms with van der Waals surface area (Å²) in [7, 11) is 1.59. The molecule has 1 N–H and O–H groups in total. The van der Waals surface area contributed by atoms with Crippen molar-refractivity contribution < 1.29 is 9.53 Å². The molecule has 0 fully saturated rings. The van der Waals surface area contributed by atoms with Crippen LogP contribution in [0.3, 0.4) is 0 Å². The van der Waals surface area contributed by atoms with Crippen molar-refractivity contribution in [3.05, 3.63) is 47.0 Å². The third kappa shape index (κ3) is 2.60. The second kappa shape index (κ2) is 6.01. The number of amides is 1. The summed E-state index contributed by atoms with van der Waals surface area (Å²) in [6, 6.07) is 10.7. The highest BCUT2D eigenvalue weighted by Gasteiger charge is 2.15. The van der Waals surface area contributed by atoms with Crippen molar-refractivity contribution in [2.75, 3.05) is 12.4 Å². The maximum Gasteiger partial charge on any atom is 0.274 e. The Kier molecular flexibility index (Phi) is 3.84. The Morgan fingerprint density at radius 3 is 2.54 bits per heavy atom. The van der Waals surface area contributed by atoms with Crippen LogP contribution >= 0.6 is 34.3 Å². The summed E-state index contributed by atoms with van der Waals surface area (Å²) in [6.45, 7) is 0. The summed E-state index contributed by atoms with van der Waals surface area (Å²) in [5, 5.41) is 4.35. The van der Waals surface area contributed by atoms with Crippen molar-refractivity contribution in [3.63, 3.8) is 0 Å². The van der Waals surface area contributed by atoms with Gasteiger partial charge in [0.25, 0.3) is 11.1 Å². The molecule has 0 unspecified atom stereocenters. The van der Waals surface area contributed by atoms with E-state index in [1.165, 1.54) is 22.7 Å². The van der Waals surface area contributed by atoms with Crippen LogP contribution in [0.1, 0.15) is 10.4 Å². The average Bonchev–Trinajstić information content (AvgIpc) is 3.17. The molecule has 4 rings (SSSR count). The first-order chi connectivity index (χ1) is 11.7. The highest BCUT2D eigenvalue weighted by atomic mass is 35.5. The van der Waals surface area contributed by atoms with E-state index in [4.69, 9.17) is 16.3 Å².